The third-order valence-electron chi connectivity index (χ3n) is 4.19. The Bertz CT molecular complexity index is 1230. The van der Waals surface area contributed by atoms with Crippen LogP contribution in [0.2, 0.25) is 0 Å². The number of carbonyl (C=O) groups is 1. The molecule has 8 nitrogen and oxygen atoms in total. The summed E-state index contributed by atoms with van der Waals surface area (Å²) in [5, 5.41) is 7.68. The van der Waals surface area contributed by atoms with Crippen molar-refractivity contribution in [2.24, 2.45) is 7.05 Å². The van der Waals surface area contributed by atoms with Crippen LogP contribution < -0.4 is 15.6 Å². The van der Waals surface area contributed by atoms with Crippen molar-refractivity contribution in [3.05, 3.63) is 82.8 Å². The first-order chi connectivity index (χ1) is 13.8. The van der Waals surface area contributed by atoms with Crippen molar-refractivity contribution < 1.29 is 13.2 Å². The minimum Gasteiger partial charge on any atom is -0.321 e. The van der Waals surface area contributed by atoms with Crippen molar-refractivity contribution in [1.82, 2.24) is 14.5 Å². The minimum absolute atomic E-state index is 0.128. The topological polar surface area (TPSA) is 110 Å². The summed E-state index contributed by atoms with van der Waals surface area (Å²) in [7, 11) is -1.97. The van der Waals surface area contributed by atoms with E-state index in [9.17, 15) is 18.0 Å². The van der Waals surface area contributed by atoms with Gasteiger partial charge in [-0.1, -0.05) is 36.4 Å². The smallest absolute Gasteiger partial charge is 0.276 e. The molecule has 29 heavy (non-hydrogen) atoms. The van der Waals surface area contributed by atoms with E-state index in [4.69, 9.17) is 0 Å². The molecule has 0 aliphatic rings. The number of amides is 1. The number of benzene rings is 2. The molecule has 0 spiro atoms. The molecule has 9 heteroatoms. The first-order valence-electron chi connectivity index (χ1n) is 8.75. The average molecular weight is 412 g/mol. The predicted octanol–water partition coefficient (Wildman–Crippen LogP) is 1.79. The second-order valence-electron chi connectivity index (χ2n) is 6.37. The predicted molar refractivity (Wildman–Crippen MR) is 112 cm³/mol. The van der Waals surface area contributed by atoms with E-state index in [-0.39, 0.29) is 23.6 Å². The van der Waals surface area contributed by atoms with E-state index in [0.717, 1.165) is 4.68 Å². The highest BCUT2D eigenvalue weighted by Crippen LogP contribution is 2.16. The largest absolute Gasteiger partial charge is 0.321 e. The highest BCUT2D eigenvalue weighted by atomic mass is 32.2. The summed E-state index contributed by atoms with van der Waals surface area (Å²) in [5.74, 6) is -0.646. The second-order valence-corrected chi connectivity index (χ2v) is 8.18. The molecule has 1 amide bonds. The Balaban J connectivity index is 1.80. The number of anilines is 1. The molecular weight excluding hydrogens is 392 g/mol. The van der Waals surface area contributed by atoms with Crippen LogP contribution in [0.1, 0.15) is 16.1 Å². The Morgan fingerprint density at radius 1 is 1.14 bits per heavy atom. The average Bonchev–Trinajstić information content (AvgIpc) is 2.70. The van der Waals surface area contributed by atoms with Crippen LogP contribution in [0, 0.1) is 0 Å². The molecule has 0 saturated heterocycles. The van der Waals surface area contributed by atoms with E-state index < -0.39 is 15.9 Å². The molecule has 0 aliphatic heterocycles. The lowest BCUT2D eigenvalue weighted by Gasteiger charge is -2.10. The molecule has 1 aromatic heterocycles. The zero-order chi connectivity index (χ0) is 21.0. The van der Waals surface area contributed by atoms with Crippen molar-refractivity contribution in [2.45, 2.75) is 5.75 Å². The van der Waals surface area contributed by atoms with Crippen LogP contribution in [0.3, 0.4) is 0 Å². The van der Waals surface area contributed by atoms with Crippen LogP contribution in [0.25, 0.3) is 10.8 Å². The van der Waals surface area contributed by atoms with Crippen LogP contribution >= 0.6 is 0 Å². The van der Waals surface area contributed by atoms with Gasteiger partial charge in [-0.25, -0.2) is 17.8 Å². The van der Waals surface area contributed by atoms with Crippen LogP contribution in [0.4, 0.5) is 5.69 Å². The van der Waals surface area contributed by atoms with Gasteiger partial charge >= 0.3 is 0 Å². The van der Waals surface area contributed by atoms with Gasteiger partial charge in [-0.2, -0.15) is 5.10 Å². The Labute approximate surface area is 167 Å². The summed E-state index contributed by atoms with van der Waals surface area (Å²) < 4.78 is 27.4. The van der Waals surface area contributed by atoms with Gasteiger partial charge in [0.1, 0.15) is 0 Å². The van der Waals surface area contributed by atoms with Crippen molar-refractivity contribution in [3.63, 3.8) is 0 Å². The summed E-state index contributed by atoms with van der Waals surface area (Å²) in [6.07, 6.45) is 1.47. The van der Waals surface area contributed by atoms with Gasteiger partial charge in [0.05, 0.1) is 11.1 Å². The fraction of sp³-hybridized carbons (Fsp3) is 0.150. The molecular formula is C20H20N4O4S. The molecule has 0 fully saturated rings. The van der Waals surface area contributed by atoms with Gasteiger partial charge in [-0.15, -0.1) is 6.58 Å². The van der Waals surface area contributed by atoms with Gasteiger partial charge in [0.15, 0.2) is 5.69 Å². The lowest BCUT2D eigenvalue weighted by molar-refractivity contribution is 0.102. The first-order valence-corrected chi connectivity index (χ1v) is 10.4. The maximum atomic E-state index is 12.7. The number of aromatic nitrogens is 2. The van der Waals surface area contributed by atoms with E-state index in [1.54, 1.807) is 48.5 Å². The summed E-state index contributed by atoms with van der Waals surface area (Å²) in [5.41, 5.74) is 0.899. The minimum atomic E-state index is -3.46. The number of rotatable bonds is 7. The SMILES string of the molecule is C=CCNS(=O)(=O)Cc1ccc(NC(=O)c2nn(C)c(=O)c3ccccc23)cc1. The quantitative estimate of drug-likeness (QED) is 0.575. The van der Waals surface area contributed by atoms with Crippen molar-refractivity contribution in [1.29, 1.82) is 0 Å². The lowest BCUT2D eigenvalue weighted by atomic mass is 10.1. The molecule has 3 aromatic rings. The summed E-state index contributed by atoms with van der Waals surface area (Å²) in [6, 6.07) is 13.2. The Morgan fingerprint density at radius 3 is 2.45 bits per heavy atom. The van der Waals surface area contributed by atoms with Gasteiger partial charge in [-0.3, -0.25) is 9.59 Å². The van der Waals surface area contributed by atoms with Crippen molar-refractivity contribution >= 4 is 32.4 Å². The van der Waals surface area contributed by atoms with Gasteiger partial charge in [-0.05, 0) is 23.8 Å². The maximum absolute atomic E-state index is 12.7. The number of nitrogens with zero attached hydrogens (tertiary/aromatic N) is 2. The molecule has 2 aromatic carbocycles. The zero-order valence-corrected chi connectivity index (χ0v) is 16.6. The zero-order valence-electron chi connectivity index (χ0n) is 15.8. The molecule has 0 aliphatic carbocycles. The van der Waals surface area contributed by atoms with Gasteiger partial charge in [0, 0.05) is 24.7 Å². The molecule has 0 bridgehead atoms. The summed E-state index contributed by atoms with van der Waals surface area (Å²) >= 11 is 0. The third kappa shape index (κ3) is 4.76. The van der Waals surface area contributed by atoms with Crippen LogP contribution in [0.5, 0.6) is 0 Å². The molecule has 0 atom stereocenters. The third-order valence-corrected chi connectivity index (χ3v) is 5.51. The Hall–Kier alpha value is -3.30. The number of sulfonamides is 1. The molecule has 0 saturated carbocycles. The Morgan fingerprint density at radius 2 is 1.79 bits per heavy atom. The van der Waals surface area contributed by atoms with Gasteiger partial charge < -0.3 is 5.32 Å². The molecule has 1 heterocycles. The van der Waals surface area contributed by atoms with Gasteiger partial charge in [0.2, 0.25) is 10.0 Å². The number of hydrogen-bond acceptors (Lipinski definition) is 5. The van der Waals surface area contributed by atoms with E-state index in [1.165, 1.54) is 13.1 Å². The van der Waals surface area contributed by atoms with Crippen LogP contribution in [-0.4, -0.2) is 30.7 Å². The molecule has 3 rings (SSSR count). The fourth-order valence-electron chi connectivity index (χ4n) is 2.80. The molecule has 2 N–H and O–H groups in total. The van der Waals surface area contributed by atoms with E-state index >= 15 is 0 Å². The van der Waals surface area contributed by atoms with Crippen LogP contribution in [-0.2, 0) is 22.8 Å². The first kappa shape index (κ1) is 20.4. The molecule has 0 unspecified atom stereocenters. The van der Waals surface area contributed by atoms with Crippen molar-refractivity contribution in [2.75, 3.05) is 11.9 Å². The number of hydrogen-bond donors (Lipinski definition) is 2. The highest BCUT2D eigenvalue weighted by molar-refractivity contribution is 7.88. The van der Waals surface area contributed by atoms with E-state index in [0.29, 0.717) is 22.0 Å². The molecule has 0 radical (unpaired) electrons. The maximum Gasteiger partial charge on any atom is 0.276 e. The number of carbonyl (C=O) groups excluding carboxylic acids is 1. The Kier molecular flexibility index (Phi) is 5.90. The number of aryl methyl sites for hydroxylation is 1. The molecule has 150 valence electrons. The highest BCUT2D eigenvalue weighted by Gasteiger charge is 2.16. The lowest BCUT2D eigenvalue weighted by Crippen LogP contribution is -2.25. The second kappa shape index (κ2) is 8.38. The number of nitrogens with one attached hydrogen (secondary N) is 2. The monoisotopic (exact) mass is 412 g/mol. The normalized spacial score (nSPS) is 11.3. The number of fused-ring (bicyclic) bond motifs is 1. The van der Waals surface area contributed by atoms with Crippen molar-refractivity contribution in [3.8, 4) is 0 Å². The standard InChI is InChI=1S/C20H20N4O4S/c1-3-12-21-29(27,28)13-14-8-10-15(11-9-14)22-19(25)18-16-6-4-5-7-17(16)20(26)24(2)23-18/h3-11,21H,1,12-13H2,2H3,(H,22,25). The van der Waals surface area contributed by atoms with E-state index in [2.05, 4.69) is 21.7 Å². The van der Waals surface area contributed by atoms with Crippen LogP contribution in [0.15, 0.2) is 66.0 Å². The van der Waals surface area contributed by atoms with E-state index in [1.807, 2.05) is 0 Å². The summed E-state index contributed by atoms with van der Waals surface area (Å²) in [4.78, 5) is 24.9. The van der Waals surface area contributed by atoms with Gasteiger partial charge in [0.25, 0.3) is 11.5 Å². The fourth-order valence-corrected chi connectivity index (χ4v) is 3.90. The summed E-state index contributed by atoms with van der Waals surface area (Å²) in [6.45, 7) is 3.64.